The van der Waals surface area contributed by atoms with Crippen LogP contribution in [0.3, 0.4) is 0 Å². The standard InChI is InChI=1S/C19H21F3N6O/c20-19(21,22)11-24-16-5-2-10-23-12-25-18(28-16)27-15-8-6-13(7-9-15)17(29)26-14-3-1-4-14/h2,5-10,12,14,24H,1,3-4,11H2,(H,26,29)(H2,23,25,27,28). The number of H-pyrrole nitrogens is 1. The van der Waals surface area contributed by atoms with Gasteiger partial charge in [-0.3, -0.25) is 4.79 Å². The molecule has 0 spiro atoms. The SMILES string of the molecule is O=C(NC1CCC1)c1ccc(Nc2ncncccc(NCC(F)(F)F)[nH]2)cc1. The smallest absolute Gasteiger partial charge is 0.363 e. The van der Waals surface area contributed by atoms with E-state index in [1.807, 2.05) is 0 Å². The third-order valence-corrected chi connectivity index (χ3v) is 4.27. The van der Waals surface area contributed by atoms with Crippen LogP contribution in [0.5, 0.6) is 0 Å². The van der Waals surface area contributed by atoms with Gasteiger partial charge in [0.05, 0.1) is 0 Å². The number of aromatic nitrogens is 3. The van der Waals surface area contributed by atoms with Gasteiger partial charge in [0.15, 0.2) is 0 Å². The fourth-order valence-electron chi connectivity index (χ4n) is 2.55. The number of anilines is 3. The molecule has 0 bridgehead atoms. The van der Waals surface area contributed by atoms with Gasteiger partial charge in [-0.15, -0.1) is 0 Å². The lowest BCUT2D eigenvalue weighted by atomic mass is 9.93. The molecule has 29 heavy (non-hydrogen) atoms. The first-order chi connectivity index (χ1) is 13.9. The Morgan fingerprint density at radius 3 is 2.59 bits per heavy atom. The molecule has 0 atom stereocenters. The Labute approximate surface area is 165 Å². The van der Waals surface area contributed by atoms with Crippen molar-refractivity contribution < 1.29 is 18.0 Å². The van der Waals surface area contributed by atoms with E-state index in [0.29, 0.717) is 11.3 Å². The Morgan fingerprint density at radius 1 is 1.17 bits per heavy atom. The van der Waals surface area contributed by atoms with E-state index >= 15 is 0 Å². The molecule has 0 saturated heterocycles. The highest BCUT2D eigenvalue weighted by atomic mass is 19.4. The number of hydrogen-bond acceptors (Lipinski definition) is 5. The van der Waals surface area contributed by atoms with Crippen LogP contribution in [0, 0.1) is 0 Å². The van der Waals surface area contributed by atoms with Crippen LogP contribution in [0.4, 0.5) is 30.6 Å². The quantitative estimate of drug-likeness (QED) is 0.583. The summed E-state index contributed by atoms with van der Waals surface area (Å²) in [6.45, 7) is -1.20. The predicted octanol–water partition coefficient (Wildman–Crippen LogP) is 3.93. The van der Waals surface area contributed by atoms with E-state index in [0.717, 1.165) is 19.3 Å². The molecular formula is C19H21F3N6O. The van der Waals surface area contributed by atoms with Crippen molar-refractivity contribution in [2.24, 2.45) is 0 Å². The minimum absolute atomic E-state index is 0.104. The maximum atomic E-state index is 12.5. The first-order valence-corrected chi connectivity index (χ1v) is 9.11. The second kappa shape index (κ2) is 9.26. The van der Waals surface area contributed by atoms with E-state index in [-0.39, 0.29) is 23.7 Å². The first kappa shape index (κ1) is 20.4. The third kappa shape index (κ3) is 6.66. The molecule has 1 saturated carbocycles. The number of aromatic amines is 1. The molecule has 1 aliphatic carbocycles. The van der Waals surface area contributed by atoms with Crippen molar-refractivity contribution in [2.45, 2.75) is 31.5 Å². The summed E-state index contributed by atoms with van der Waals surface area (Å²) >= 11 is 0. The molecule has 1 amide bonds. The number of carbonyl (C=O) groups is 1. The third-order valence-electron chi connectivity index (χ3n) is 4.27. The summed E-state index contributed by atoms with van der Waals surface area (Å²) in [5.74, 6) is 0.149. The van der Waals surface area contributed by atoms with Crippen LogP contribution >= 0.6 is 0 Å². The van der Waals surface area contributed by atoms with Gasteiger partial charge in [0.1, 0.15) is 18.7 Å². The molecule has 0 aliphatic heterocycles. The number of alkyl halides is 3. The van der Waals surface area contributed by atoms with Gasteiger partial charge in [-0.05, 0) is 55.7 Å². The highest BCUT2D eigenvalue weighted by Gasteiger charge is 2.26. The molecule has 0 radical (unpaired) electrons. The van der Waals surface area contributed by atoms with Gasteiger partial charge in [-0.2, -0.15) is 13.2 Å². The van der Waals surface area contributed by atoms with Crippen molar-refractivity contribution in [1.82, 2.24) is 20.3 Å². The number of carbonyl (C=O) groups excluding carboxylic acids is 1. The first-order valence-electron chi connectivity index (χ1n) is 9.11. The van der Waals surface area contributed by atoms with Gasteiger partial charge < -0.3 is 20.9 Å². The van der Waals surface area contributed by atoms with Crippen molar-refractivity contribution >= 4 is 23.4 Å². The highest BCUT2D eigenvalue weighted by Crippen LogP contribution is 2.20. The number of hydrogen-bond donors (Lipinski definition) is 4. The second-order valence-electron chi connectivity index (χ2n) is 6.56. The summed E-state index contributed by atoms with van der Waals surface area (Å²) < 4.78 is 37.5. The number of amides is 1. The number of benzene rings is 1. The van der Waals surface area contributed by atoms with E-state index in [1.54, 1.807) is 24.3 Å². The number of nitrogens with one attached hydrogen (secondary N) is 4. The summed E-state index contributed by atoms with van der Waals surface area (Å²) in [5, 5.41) is 8.19. The highest BCUT2D eigenvalue weighted by molar-refractivity contribution is 5.94. The molecule has 2 aromatic rings. The molecule has 3 rings (SSSR count). The molecule has 1 aliphatic rings. The molecule has 154 valence electrons. The Kier molecular flexibility index (Phi) is 6.53. The zero-order valence-electron chi connectivity index (χ0n) is 15.5. The van der Waals surface area contributed by atoms with E-state index in [4.69, 9.17) is 0 Å². The number of nitrogens with zero attached hydrogens (tertiary/aromatic N) is 2. The topological polar surface area (TPSA) is 94.7 Å². The average molecular weight is 406 g/mol. The van der Waals surface area contributed by atoms with Gasteiger partial charge in [-0.25, -0.2) is 9.97 Å². The summed E-state index contributed by atoms with van der Waals surface area (Å²) in [6.07, 6.45) is 1.44. The molecule has 1 aromatic heterocycles. The van der Waals surface area contributed by atoms with E-state index in [2.05, 4.69) is 30.9 Å². The van der Waals surface area contributed by atoms with Crippen LogP contribution in [0.25, 0.3) is 0 Å². The predicted molar refractivity (Wildman–Crippen MR) is 103 cm³/mol. The van der Waals surface area contributed by atoms with Gasteiger partial charge in [-0.1, -0.05) is 0 Å². The Balaban J connectivity index is 1.72. The average Bonchev–Trinajstić information content (AvgIpc) is 2.75. The van der Waals surface area contributed by atoms with E-state index < -0.39 is 12.7 Å². The maximum absolute atomic E-state index is 12.5. The lowest BCUT2D eigenvalue weighted by molar-refractivity contribution is -0.115. The molecule has 0 unspecified atom stereocenters. The molecule has 7 nitrogen and oxygen atoms in total. The summed E-state index contributed by atoms with van der Waals surface area (Å²) in [6, 6.07) is 9.86. The van der Waals surface area contributed by atoms with Crippen LogP contribution in [0.1, 0.15) is 29.6 Å². The monoisotopic (exact) mass is 406 g/mol. The Bertz CT molecular complexity index is 876. The molecule has 10 heteroatoms. The Hall–Kier alpha value is -3.30. The van der Waals surface area contributed by atoms with Crippen LogP contribution in [-0.4, -0.2) is 39.6 Å². The maximum Gasteiger partial charge on any atom is 0.405 e. The van der Waals surface area contributed by atoms with Crippen molar-refractivity contribution in [3.8, 4) is 0 Å². The van der Waals surface area contributed by atoms with Crippen LogP contribution in [0.15, 0.2) is 48.9 Å². The van der Waals surface area contributed by atoms with Gasteiger partial charge in [0.25, 0.3) is 5.91 Å². The van der Waals surface area contributed by atoms with Crippen LogP contribution in [-0.2, 0) is 0 Å². The van der Waals surface area contributed by atoms with E-state index in [1.165, 1.54) is 24.7 Å². The van der Waals surface area contributed by atoms with Gasteiger partial charge >= 0.3 is 6.18 Å². The normalized spacial score (nSPS) is 13.8. The fourth-order valence-corrected chi connectivity index (χ4v) is 2.55. The van der Waals surface area contributed by atoms with Crippen molar-refractivity contribution in [1.29, 1.82) is 0 Å². The molecule has 4 N–H and O–H groups in total. The largest absolute Gasteiger partial charge is 0.405 e. The van der Waals surface area contributed by atoms with Gasteiger partial charge in [0.2, 0.25) is 5.95 Å². The van der Waals surface area contributed by atoms with Crippen molar-refractivity contribution in [3.63, 3.8) is 0 Å². The summed E-state index contributed by atoms with van der Waals surface area (Å²) in [5.41, 5.74) is 1.14. The lowest BCUT2D eigenvalue weighted by Gasteiger charge is -2.26. The number of rotatable bonds is 6. The zero-order chi connectivity index (χ0) is 20.7. The zero-order valence-corrected chi connectivity index (χ0v) is 15.5. The molecule has 1 heterocycles. The van der Waals surface area contributed by atoms with E-state index in [9.17, 15) is 18.0 Å². The fraction of sp³-hybridized carbons (Fsp3) is 0.316. The minimum atomic E-state index is -4.36. The number of halogens is 3. The lowest BCUT2D eigenvalue weighted by Crippen LogP contribution is -2.39. The van der Waals surface area contributed by atoms with Crippen molar-refractivity contribution in [3.05, 3.63) is 54.5 Å². The van der Waals surface area contributed by atoms with Crippen LogP contribution in [0.2, 0.25) is 0 Å². The molecule has 1 aromatic carbocycles. The molecular weight excluding hydrogens is 385 g/mol. The second-order valence-corrected chi connectivity index (χ2v) is 6.56. The van der Waals surface area contributed by atoms with Crippen molar-refractivity contribution in [2.75, 3.05) is 17.2 Å². The molecule has 1 fully saturated rings. The van der Waals surface area contributed by atoms with Gasteiger partial charge in [0, 0.05) is 23.5 Å². The Morgan fingerprint density at radius 2 is 1.93 bits per heavy atom. The van der Waals surface area contributed by atoms with Crippen LogP contribution < -0.4 is 16.0 Å². The minimum Gasteiger partial charge on any atom is -0.363 e. The summed E-state index contributed by atoms with van der Waals surface area (Å²) in [7, 11) is 0. The summed E-state index contributed by atoms with van der Waals surface area (Å²) in [4.78, 5) is 22.9.